The number of quaternary nitrogens is 1. The van der Waals surface area contributed by atoms with Gasteiger partial charge in [-0.3, -0.25) is 9.59 Å². The number of amides is 2. The molecule has 1 heterocycles. The van der Waals surface area contributed by atoms with E-state index in [4.69, 9.17) is 0 Å². The van der Waals surface area contributed by atoms with Crippen molar-refractivity contribution in [2.24, 2.45) is 0 Å². The quantitative estimate of drug-likeness (QED) is 0.620. The Balaban J connectivity index is 1.93. The molecule has 2 amide bonds. The number of benzene rings is 1. The van der Waals surface area contributed by atoms with E-state index in [2.05, 4.69) is 5.32 Å². The van der Waals surface area contributed by atoms with E-state index >= 15 is 0 Å². The van der Waals surface area contributed by atoms with Crippen molar-refractivity contribution in [3.8, 4) is 0 Å². The van der Waals surface area contributed by atoms with Gasteiger partial charge in [0.1, 0.15) is 0 Å². The third kappa shape index (κ3) is 4.80. The summed E-state index contributed by atoms with van der Waals surface area (Å²) >= 11 is 0. The van der Waals surface area contributed by atoms with Crippen molar-refractivity contribution >= 4 is 21.8 Å². The number of carbonyl (C=O) groups excluding carboxylic acids is 2. The predicted octanol–water partition coefficient (Wildman–Crippen LogP) is -1.55. The first-order valence-electron chi connectivity index (χ1n) is 8.63. The van der Waals surface area contributed by atoms with Crippen LogP contribution < -0.4 is 10.6 Å². The molecule has 8 nitrogen and oxygen atoms in total. The molecule has 1 aromatic rings. The number of piperazine rings is 1. The molecule has 0 bridgehead atoms. The molecule has 1 fully saturated rings. The minimum absolute atomic E-state index is 0.0857. The van der Waals surface area contributed by atoms with E-state index in [1.165, 1.54) is 4.31 Å². The molecule has 0 radical (unpaired) electrons. The average Bonchev–Trinajstić information content (AvgIpc) is 2.61. The summed E-state index contributed by atoms with van der Waals surface area (Å²) in [5.74, 6) is -0.223. The van der Waals surface area contributed by atoms with E-state index in [1.807, 2.05) is 13.0 Å². The Hall–Kier alpha value is -1.97. The Morgan fingerprint density at radius 1 is 1.12 bits per heavy atom. The second kappa shape index (κ2) is 8.61. The van der Waals surface area contributed by atoms with Crippen LogP contribution in [0.1, 0.15) is 11.1 Å². The van der Waals surface area contributed by atoms with Crippen LogP contribution in [0.5, 0.6) is 0 Å². The molecule has 0 atom stereocenters. The Morgan fingerprint density at radius 2 is 1.77 bits per heavy atom. The third-order valence-corrected chi connectivity index (χ3v) is 6.53. The molecule has 1 aliphatic rings. The van der Waals surface area contributed by atoms with E-state index < -0.39 is 10.0 Å². The summed E-state index contributed by atoms with van der Waals surface area (Å²) in [4.78, 5) is 25.3. The number of hydrogen-bond donors (Lipinski definition) is 2. The molecule has 0 unspecified atom stereocenters. The van der Waals surface area contributed by atoms with Gasteiger partial charge in [0.15, 0.2) is 13.1 Å². The number of carbonyl (C=O) groups is 2. The lowest BCUT2D eigenvalue weighted by Gasteiger charge is -2.33. The summed E-state index contributed by atoms with van der Waals surface area (Å²) in [7, 11) is -2.01. The summed E-state index contributed by atoms with van der Waals surface area (Å²) in [5, 5.41) is 4.13. The zero-order chi connectivity index (χ0) is 19.3. The number of aryl methyl sites for hydroxylation is 2. The first-order chi connectivity index (χ1) is 12.3. The highest BCUT2D eigenvalue weighted by Gasteiger charge is 2.31. The maximum atomic E-state index is 12.8. The van der Waals surface area contributed by atoms with Crippen LogP contribution >= 0.6 is 0 Å². The summed E-state index contributed by atoms with van der Waals surface area (Å²) < 4.78 is 27.1. The molecule has 9 heteroatoms. The highest BCUT2D eigenvalue weighted by molar-refractivity contribution is 7.89. The van der Waals surface area contributed by atoms with Gasteiger partial charge in [-0.05, 0) is 25.5 Å². The fourth-order valence-corrected chi connectivity index (χ4v) is 4.59. The molecule has 1 saturated heterocycles. The summed E-state index contributed by atoms with van der Waals surface area (Å²) in [5.41, 5.74) is 1.75. The van der Waals surface area contributed by atoms with Crippen LogP contribution in [0.15, 0.2) is 23.1 Å². The lowest BCUT2D eigenvalue weighted by atomic mass is 10.2. The van der Waals surface area contributed by atoms with E-state index in [-0.39, 0.29) is 38.0 Å². The second-order valence-corrected chi connectivity index (χ2v) is 8.33. The third-order valence-electron chi connectivity index (χ3n) is 4.47. The second-order valence-electron chi connectivity index (χ2n) is 6.42. The minimum atomic E-state index is -3.56. The highest BCUT2D eigenvalue weighted by Crippen LogP contribution is 2.22. The predicted molar refractivity (Wildman–Crippen MR) is 97.0 cm³/mol. The Morgan fingerprint density at radius 3 is 2.35 bits per heavy atom. The van der Waals surface area contributed by atoms with Crippen LogP contribution in [0, 0.1) is 13.8 Å². The summed E-state index contributed by atoms with van der Waals surface area (Å²) in [6, 6.07) is 5.29. The van der Waals surface area contributed by atoms with Gasteiger partial charge >= 0.3 is 0 Å². The van der Waals surface area contributed by atoms with Crippen molar-refractivity contribution in [2.75, 3.05) is 46.3 Å². The Labute approximate surface area is 154 Å². The van der Waals surface area contributed by atoms with Crippen LogP contribution in [0.4, 0.5) is 0 Å². The zero-order valence-electron chi connectivity index (χ0n) is 15.5. The number of hydrogen-bond acceptors (Lipinski definition) is 4. The van der Waals surface area contributed by atoms with Crippen LogP contribution in [-0.4, -0.2) is 75.8 Å². The van der Waals surface area contributed by atoms with Gasteiger partial charge in [0.2, 0.25) is 10.0 Å². The normalized spacial score (nSPS) is 15.7. The lowest BCUT2D eigenvalue weighted by molar-refractivity contribution is -0.633. The smallest absolute Gasteiger partial charge is 0.277 e. The van der Waals surface area contributed by atoms with E-state index in [1.54, 1.807) is 36.3 Å². The SMILES string of the molecule is CNC(=O)C[NH2+]CC(=O)N1CCN(S(=O)(=O)c2ccc(C)cc2C)CC1. The van der Waals surface area contributed by atoms with Crippen molar-refractivity contribution in [3.05, 3.63) is 29.3 Å². The summed E-state index contributed by atoms with van der Waals surface area (Å²) in [6.07, 6.45) is 0. The van der Waals surface area contributed by atoms with Gasteiger partial charge < -0.3 is 15.5 Å². The van der Waals surface area contributed by atoms with Crippen molar-refractivity contribution < 1.29 is 23.3 Å². The first-order valence-corrected chi connectivity index (χ1v) is 10.1. The Bertz CT molecular complexity index is 771. The average molecular weight is 383 g/mol. The van der Waals surface area contributed by atoms with Gasteiger partial charge in [-0.1, -0.05) is 17.7 Å². The van der Waals surface area contributed by atoms with Gasteiger partial charge in [-0.2, -0.15) is 4.31 Å². The van der Waals surface area contributed by atoms with Crippen molar-refractivity contribution in [1.29, 1.82) is 0 Å². The fraction of sp³-hybridized carbons (Fsp3) is 0.529. The molecule has 144 valence electrons. The van der Waals surface area contributed by atoms with E-state index in [9.17, 15) is 18.0 Å². The van der Waals surface area contributed by atoms with Crippen molar-refractivity contribution in [2.45, 2.75) is 18.7 Å². The standard InChI is InChI=1S/C17H26N4O4S/c1-13-4-5-15(14(2)10-13)26(24,25)21-8-6-20(7-9-21)17(23)12-19-11-16(22)18-3/h4-5,10,19H,6-9,11-12H2,1-3H3,(H,18,22)/p+1. The largest absolute Gasteiger partial charge is 0.354 e. The number of likely N-dealkylation sites (N-methyl/N-ethyl adjacent to an activating group) is 1. The molecule has 3 N–H and O–H groups in total. The molecule has 1 aliphatic heterocycles. The number of sulfonamides is 1. The monoisotopic (exact) mass is 383 g/mol. The maximum absolute atomic E-state index is 12.8. The van der Waals surface area contributed by atoms with Crippen molar-refractivity contribution in [3.63, 3.8) is 0 Å². The lowest BCUT2D eigenvalue weighted by Crippen LogP contribution is -2.88. The van der Waals surface area contributed by atoms with Crippen LogP contribution in [0.2, 0.25) is 0 Å². The minimum Gasteiger partial charge on any atom is -0.354 e. The fourth-order valence-electron chi connectivity index (χ4n) is 2.96. The molecule has 2 rings (SSSR count). The number of rotatable bonds is 6. The number of nitrogens with zero attached hydrogens (tertiary/aromatic N) is 2. The molecule has 0 aliphatic carbocycles. The maximum Gasteiger partial charge on any atom is 0.277 e. The van der Waals surface area contributed by atoms with Crippen LogP contribution in [0.25, 0.3) is 0 Å². The topological polar surface area (TPSA) is 103 Å². The van der Waals surface area contributed by atoms with Gasteiger partial charge in [0.05, 0.1) is 4.90 Å². The summed E-state index contributed by atoms with van der Waals surface area (Å²) in [6.45, 7) is 5.36. The molecule has 0 saturated carbocycles. The van der Waals surface area contributed by atoms with Gasteiger partial charge in [0, 0.05) is 33.2 Å². The van der Waals surface area contributed by atoms with Crippen LogP contribution in [0.3, 0.4) is 0 Å². The molecule has 26 heavy (non-hydrogen) atoms. The van der Waals surface area contributed by atoms with Crippen molar-refractivity contribution in [1.82, 2.24) is 14.5 Å². The Kier molecular flexibility index (Phi) is 6.74. The molecule has 0 spiro atoms. The van der Waals surface area contributed by atoms with Crippen LogP contribution in [-0.2, 0) is 19.6 Å². The number of nitrogens with two attached hydrogens (primary N) is 1. The zero-order valence-corrected chi connectivity index (χ0v) is 16.3. The first kappa shape index (κ1) is 20.3. The molecule has 1 aromatic carbocycles. The highest BCUT2D eigenvalue weighted by atomic mass is 32.2. The molecular weight excluding hydrogens is 356 g/mol. The molecular formula is C17H27N4O4S+. The number of nitrogens with one attached hydrogen (secondary N) is 1. The van der Waals surface area contributed by atoms with E-state index in [0.29, 0.717) is 18.0 Å². The van der Waals surface area contributed by atoms with Gasteiger partial charge in [-0.15, -0.1) is 0 Å². The van der Waals surface area contributed by atoms with E-state index in [0.717, 1.165) is 11.1 Å². The van der Waals surface area contributed by atoms with Gasteiger partial charge in [0.25, 0.3) is 11.8 Å². The molecule has 0 aromatic heterocycles. The van der Waals surface area contributed by atoms with Gasteiger partial charge in [-0.25, -0.2) is 8.42 Å².